The number of amides is 1. The molecule has 2 aliphatic carbocycles. The number of ether oxygens (including phenoxy) is 1. The second-order valence-corrected chi connectivity index (χ2v) is 7.78. The molecule has 21 heavy (non-hydrogen) atoms. The zero-order valence-corrected chi connectivity index (χ0v) is 14.1. The lowest BCUT2D eigenvalue weighted by molar-refractivity contribution is 0.0520. The van der Waals surface area contributed by atoms with E-state index in [1.807, 2.05) is 20.8 Å². The second-order valence-electron chi connectivity index (χ2n) is 7.78. The molecule has 2 aliphatic rings. The normalized spacial score (nSPS) is 27.4. The van der Waals surface area contributed by atoms with E-state index in [0.717, 1.165) is 11.8 Å². The quantitative estimate of drug-likeness (QED) is 0.789. The van der Waals surface area contributed by atoms with Crippen molar-refractivity contribution in [2.75, 3.05) is 6.54 Å². The molecule has 3 atom stereocenters. The lowest BCUT2D eigenvalue weighted by Gasteiger charge is -2.25. The molecule has 4 heteroatoms. The molecule has 0 aromatic heterocycles. The third kappa shape index (κ3) is 5.85. The van der Waals surface area contributed by atoms with Gasteiger partial charge in [0, 0.05) is 18.6 Å². The lowest BCUT2D eigenvalue weighted by atomic mass is 10.0. The standard InChI is InChI=1S/C17H32N2O2/c1-5-12-6-9-14(10-12)19-15(13-7-8-13)11-18-16(20)21-17(2,3)4/h12-15,19H,5-11H2,1-4H3,(H,18,20). The van der Waals surface area contributed by atoms with Crippen LogP contribution in [0.2, 0.25) is 0 Å². The molecule has 0 saturated heterocycles. The van der Waals surface area contributed by atoms with Gasteiger partial charge in [-0.25, -0.2) is 4.79 Å². The molecule has 0 bridgehead atoms. The Morgan fingerprint density at radius 2 is 1.95 bits per heavy atom. The Kier molecular flexibility index (Phi) is 5.53. The number of carbonyl (C=O) groups is 1. The van der Waals surface area contributed by atoms with Gasteiger partial charge < -0.3 is 15.4 Å². The molecule has 122 valence electrons. The van der Waals surface area contributed by atoms with E-state index in [1.165, 1.54) is 38.5 Å². The van der Waals surface area contributed by atoms with Crippen molar-refractivity contribution in [2.45, 2.75) is 83.9 Å². The summed E-state index contributed by atoms with van der Waals surface area (Å²) < 4.78 is 5.31. The highest BCUT2D eigenvalue weighted by Gasteiger charge is 2.34. The first kappa shape index (κ1) is 16.6. The van der Waals surface area contributed by atoms with Crippen LogP contribution >= 0.6 is 0 Å². The van der Waals surface area contributed by atoms with Gasteiger partial charge in [-0.3, -0.25) is 0 Å². The van der Waals surface area contributed by atoms with Crippen LogP contribution in [0.25, 0.3) is 0 Å². The summed E-state index contributed by atoms with van der Waals surface area (Å²) in [7, 11) is 0. The van der Waals surface area contributed by atoms with Gasteiger partial charge in [-0.15, -0.1) is 0 Å². The molecule has 4 nitrogen and oxygen atoms in total. The average Bonchev–Trinajstić information content (AvgIpc) is 3.12. The van der Waals surface area contributed by atoms with E-state index < -0.39 is 5.60 Å². The van der Waals surface area contributed by atoms with E-state index in [0.29, 0.717) is 18.6 Å². The Morgan fingerprint density at radius 1 is 1.24 bits per heavy atom. The molecule has 1 amide bonds. The molecule has 0 aromatic carbocycles. The molecular formula is C17H32N2O2. The summed E-state index contributed by atoms with van der Waals surface area (Å²) in [5.74, 6) is 1.63. The van der Waals surface area contributed by atoms with Crippen LogP contribution < -0.4 is 10.6 Å². The minimum atomic E-state index is -0.424. The van der Waals surface area contributed by atoms with Gasteiger partial charge in [0.2, 0.25) is 0 Å². The Labute approximate surface area is 129 Å². The first-order chi connectivity index (χ1) is 9.87. The van der Waals surface area contributed by atoms with Gasteiger partial charge in [-0.05, 0) is 64.7 Å². The summed E-state index contributed by atoms with van der Waals surface area (Å²) in [6.45, 7) is 8.66. The highest BCUT2D eigenvalue weighted by molar-refractivity contribution is 5.67. The number of carbonyl (C=O) groups excluding carboxylic acids is 1. The predicted octanol–water partition coefficient (Wildman–Crippen LogP) is 3.46. The SMILES string of the molecule is CCC1CCC(NC(CNC(=O)OC(C)(C)C)C2CC2)C1. The van der Waals surface area contributed by atoms with Crippen LogP contribution in [0.1, 0.15) is 66.2 Å². The van der Waals surface area contributed by atoms with Crippen LogP contribution in [0.3, 0.4) is 0 Å². The Hall–Kier alpha value is -0.770. The predicted molar refractivity (Wildman–Crippen MR) is 85.3 cm³/mol. The summed E-state index contributed by atoms with van der Waals surface area (Å²) >= 11 is 0. The van der Waals surface area contributed by atoms with Gasteiger partial charge in [-0.1, -0.05) is 13.3 Å². The van der Waals surface area contributed by atoms with E-state index in [9.17, 15) is 4.79 Å². The van der Waals surface area contributed by atoms with Crippen molar-refractivity contribution in [1.29, 1.82) is 0 Å². The van der Waals surface area contributed by atoms with E-state index in [2.05, 4.69) is 17.6 Å². The van der Waals surface area contributed by atoms with Crippen molar-refractivity contribution < 1.29 is 9.53 Å². The van der Waals surface area contributed by atoms with Crippen LogP contribution in [0.15, 0.2) is 0 Å². The van der Waals surface area contributed by atoms with E-state index in [4.69, 9.17) is 4.74 Å². The third-order valence-corrected chi connectivity index (χ3v) is 4.62. The van der Waals surface area contributed by atoms with Crippen molar-refractivity contribution in [2.24, 2.45) is 11.8 Å². The summed E-state index contributed by atoms with van der Waals surface area (Å²) in [6.07, 6.45) is 7.51. The molecule has 0 spiro atoms. The lowest BCUT2D eigenvalue weighted by Crippen LogP contribution is -2.47. The first-order valence-corrected chi connectivity index (χ1v) is 8.60. The molecule has 0 radical (unpaired) electrons. The summed E-state index contributed by atoms with van der Waals surface area (Å²) in [6, 6.07) is 1.05. The molecule has 0 aliphatic heterocycles. The Balaban J connectivity index is 1.74. The minimum Gasteiger partial charge on any atom is -0.444 e. The van der Waals surface area contributed by atoms with Crippen molar-refractivity contribution in [3.8, 4) is 0 Å². The maximum atomic E-state index is 11.8. The van der Waals surface area contributed by atoms with Crippen molar-refractivity contribution in [3.63, 3.8) is 0 Å². The fourth-order valence-corrected chi connectivity index (χ4v) is 3.27. The Bertz CT molecular complexity index is 347. The Morgan fingerprint density at radius 3 is 2.48 bits per heavy atom. The maximum absolute atomic E-state index is 11.8. The van der Waals surface area contributed by atoms with Gasteiger partial charge >= 0.3 is 6.09 Å². The molecule has 2 N–H and O–H groups in total. The molecule has 0 aromatic rings. The molecule has 3 unspecified atom stereocenters. The fourth-order valence-electron chi connectivity index (χ4n) is 3.27. The van der Waals surface area contributed by atoms with E-state index >= 15 is 0 Å². The number of rotatable bonds is 6. The van der Waals surface area contributed by atoms with Crippen LogP contribution in [0.4, 0.5) is 4.79 Å². The molecule has 0 heterocycles. The highest BCUT2D eigenvalue weighted by Crippen LogP contribution is 2.35. The smallest absolute Gasteiger partial charge is 0.407 e. The number of hydrogen-bond donors (Lipinski definition) is 2. The van der Waals surface area contributed by atoms with Crippen LogP contribution in [-0.2, 0) is 4.74 Å². The van der Waals surface area contributed by atoms with Gasteiger partial charge in [0.25, 0.3) is 0 Å². The van der Waals surface area contributed by atoms with Crippen molar-refractivity contribution in [3.05, 3.63) is 0 Å². The summed E-state index contributed by atoms with van der Waals surface area (Å²) in [5, 5.41) is 6.73. The number of alkyl carbamates (subject to hydrolysis) is 1. The minimum absolute atomic E-state index is 0.298. The topological polar surface area (TPSA) is 50.4 Å². The zero-order chi connectivity index (χ0) is 15.5. The van der Waals surface area contributed by atoms with Crippen molar-refractivity contribution in [1.82, 2.24) is 10.6 Å². The van der Waals surface area contributed by atoms with Gasteiger partial charge in [-0.2, -0.15) is 0 Å². The highest BCUT2D eigenvalue weighted by atomic mass is 16.6. The molecular weight excluding hydrogens is 264 g/mol. The van der Waals surface area contributed by atoms with E-state index in [-0.39, 0.29) is 6.09 Å². The zero-order valence-electron chi connectivity index (χ0n) is 14.1. The van der Waals surface area contributed by atoms with Gasteiger partial charge in [0.15, 0.2) is 0 Å². The largest absolute Gasteiger partial charge is 0.444 e. The number of nitrogens with one attached hydrogen (secondary N) is 2. The molecule has 2 saturated carbocycles. The molecule has 2 fully saturated rings. The number of hydrogen-bond acceptors (Lipinski definition) is 3. The second kappa shape index (κ2) is 6.99. The summed E-state index contributed by atoms with van der Waals surface area (Å²) in [4.78, 5) is 11.8. The maximum Gasteiger partial charge on any atom is 0.407 e. The van der Waals surface area contributed by atoms with Gasteiger partial charge in [0.05, 0.1) is 0 Å². The first-order valence-electron chi connectivity index (χ1n) is 8.60. The van der Waals surface area contributed by atoms with Crippen LogP contribution in [-0.4, -0.2) is 30.3 Å². The fraction of sp³-hybridized carbons (Fsp3) is 0.941. The van der Waals surface area contributed by atoms with Gasteiger partial charge in [0.1, 0.15) is 5.60 Å². The van der Waals surface area contributed by atoms with Crippen LogP contribution in [0.5, 0.6) is 0 Å². The molecule has 2 rings (SSSR count). The summed E-state index contributed by atoms with van der Waals surface area (Å²) in [5.41, 5.74) is -0.424. The van der Waals surface area contributed by atoms with E-state index in [1.54, 1.807) is 0 Å². The average molecular weight is 296 g/mol. The van der Waals surface area contributed by atoms with Crippen molar-refractivity contribution >= 4 is 6.09 Å². The monoisotopic (exact) mass is 296 g/mol. The van der Waals surface area contributed by atoms with Crippen LogP contribution in [0, 0.1) is 11.8 Å². The third-order valence-electron chi connectivity index (χ3n) is 4.62.